The molecule has 0 heterocycles. The van der Waals surface area contributed by atoms with Gasteiger partial charge in [0.25, 0.3) is 0 Å². The highest BCUT2D eigenvalue weighted by Crippen LogP contribution is 2.16. The zero-order valence-corrected chi connectivity index (χ0v) is 14.1. The zero-order chi connectivity index (χ0) is 14.5. The van der Waals surface area contributed by atoms with Gasteiger partial charge < -0.3 is 0 Å². The Hall–Kier alpha value is -0.390. The third-order valence-corrected chi connectivity index (χ3v) is 5.03. The lowest BCUT2D eigenvalue weighted by molar-refractivity contribution is 0.488. The monoisotopic (exact) mass is 347 g/mol. The molecular weight excluding hydrogens is 326 g/mol. The van der Waals surface area contributed by atoms with E-state index in [2.05, 4.69) is 34.5 Å². The molecule has 0 aliphatic rings. The van der Waals surface area contributed by atoms with Crippen molar-refractivity contribution in [3.63, 3.8) is 0 Å². The van der Waals surface area contributed by atoms with Crippen molar-refractivity contribution >= 4 is 26.0 Å². The van der Waals surface area contributed by atoms with Crippen molar-refractivity contribution in [3.8, 4) is 0 Å². The third-order valence-electron chi connectivity index (χ3n) is 2.90. The van der Waals surface area contributed by atoms with E-state index in [9.17, 15) is 8.42 Å². The molecule has 19 heavy (non-hydrogen) atoms. The molecule has 0 saturated heterocycles. The summed E-state index contributed by atoms with van der Waals surface area (Å²) in [5, 5.41) is 0. The largest absolute Gasteiger partial charge is 0.240 e. The number of halogens is 1. The van der Waals surface area contributed by atoms with Crippen LogP contribution in [0.15, 0.2) is 33.6 Å². The standard InChI is InChI=1S/C14H22BrNO2S/c1-11(2)5-4-6-12(3)16-19(17,18)14-9-7-13(15)8-10-14/h7-12,16H,4-6H2,1-3H3/t12-/m0/s1. The van der Waals surface area contributed by atoms with E-state index in [0.29, 0.717) is 10.8 Å². The summed E-state index contributed by atoms with van der Waals surface area (Å²) in [5.74, 6) is 0.662. The molecule has 0 saturated carbocycles. The topological polar surface area (TPSA) is 46.2 Å². The molecule has 0 radical (unpaired) electrons. The highest BCUT2D eigenvalue weighted by Gasteiger charge is 2.16. The number of hydrogen-bond donors (Lipinski definition) is 1. The minimum Gasteiger partial charge on any atom is -0.208 e. The second kappa shape index (κ2) is 7.41. The van der Waals surface area contributed by atoms with Crippen LogP contribution in [-0.4, -0.2) is 14.5 Å². The molecule has 0 aromatic heterocycles. The molecule has 0 spiro atoms. The van der Waals surface area contributed by atoms with E-state index in [-0.39, 0.29) is 6.04 Å². The summed E-state index contributed by atoms with van der Waals surface area (Å²) in [6, 6.07) is 6.64. The minimum atomic E-state index is -3.40. The Kier molecular flexibility index (Phi) is 6.50. The maximum Gasteiger partial charge on any atom is 0.240 e. The van der Waals surface area contributed by atoms with Crippen molar-refractivity contribution in [1.29, 1.82) is 0 Å². The Bertz CT molecular complexity index is 483. The van der Waals surface area contributed by atoms with Crippen molar-refractivity contribution in [1.82, 2.24) is 4.72 Å². The summed E-state index contributed by atoms with van der Waals surface area (Å²) in [6.07, 6.45) is 3.04. The van der Waals surface area contributed by atoms with E-state index < -0.39 is 10.0 Å². The first kappa shape index (κ1) is 16.7. The molecular formula is C14H22BrNO2S. The molecule has 1 atom stereocenters. The van der Waals surface area contributed by atoms with Crippen LogP contribution in [0.25, 0.3) is 0 Å². The number of hydrogen-bond acceptors (Lipinski definition) is 2. The predicted molar refractivity (Wildman–Crippen MR) is 82.6 cm³/mol. The fourth-order valence-electron chi connectivity index (χ4n) is 1.84. The number of rotatable bonds is 7. The fraction of sp³-hybridized carbons (Fsp3) is 0.571. The maximum absolute atomic E-state index is 12.1. The highest BCUT2D eigenvalue weighted by molar-refractivity contribution is 9.10. The van der Waals surface area contributed by atoms with Gasteiger partial charge in [0.2, 0.25) is 10.0 Å². The molecule has 108 valence electrons. The molecule has 1 aromatic rings. The van der Waals surface area contributed by atoms with Gasteiger partial charge >= 0.3 is 0 Å². The van der Waals surface area contributed by atoms with E-state index in [1.807, 2.05) is 6.92 Å². The van der Waals surface area contributed by atoms with Crippen LogP contribution in [0.4, 0.5) is 0 Å². The SMILES string of the molecule is CC(C)CCC[C@H](C)NS(=O)(=O)c1ccc(Br)cc1. The lowest BCUT2D eigenvalue weighted by Crippen LogP contribution is -2.32. The molecule has 0 aliphatic carbocycles. The lowest BCUT2D eigenvalue weighted by Gasteiger charge is -2.14. The first-order valence-electron chi connectivity index (χ1n) is 6.59. The number of nitrogens with one attached hydrogen (secondary N) is 1. The molecule has 1 N–H and O–H groups in total. The Labute approximate surface area is 125 Å². The summed E-state index contributed by atoms with van der Waals surface area (Å²) in [6.45, 7) is 6.27. The van der Waals surface area contributed by atoms with Crippen LogP contribution in [0.3, 0.4) is 0 Å². The fourth-order valence-corrected chi connectivity index (χ4v) is 3.38. The van der Waals surface area contributed by atoms with Gasteiger partial charge in [0.15, 0.2) is 0 Å². The molecule has 3 nitrogen and oxygen atoms in total. The van der Waals surface area contributed by atoms with Crippen LogP contribution in [0.1, 0.15) is 40.0 Å². The second-order valence-corrected chi connectivity index (χ2v) is 7.93. The van der Waals surface area contributed by atoms with Crippen LogP contribution in [0, 0.1) is 5.92 Å². The summed E-state index contributed by atoms with van der Waals surface area (Å²) >= 11 is 3.30. The number of benzene rings is 1. The highest BCUT2D eigenvalue weighted by atomic mass is 79.9. The van der Waals surface area contributed by atoms with Gasteiger partial charge in [-0.05, 0) is 43.5 Å². The molecule has 0 bridgehead atoms. The Morgan fingerprint density at radius 2 is 1.68 bits per heavy atom. The summed E-state index contributed by atoms with van der Waals surface area (Å²) in [7, 11) is -3.40. The van der Waals surface area contributed by atoms with Crippen molar-refractivity contribution in [3.05, 3.63) is 28.7 Å². The van der Waals surface area contributed by atoms with Crippen LogP contribution >= 0.6 is 15.9 Å². The van der Waals surface area contributed by atoms with E-state index >= 15 is 0 Å². The van der Waals surface area contributed by atoms with Gasteiger partial charge in [-0.1, -0.05) is 42.6 Å². The van der Waals surface area contributed by atoms with E-state index in [4.69, 9.17) is 0 Å². The van der Waals surface area contributed by atoms with Crippen LogP contribution in [0.5, 0.6) is 0 Å². The lowest BCUT2D eigenvalue weighted by atomic mass is 10.0. The first-order valence-corrected chi connectivity index (χ1v) is 8.87. The predicted octanol–water partition coefficient (Wildman–Crippen LogP) is 3.94. The molecule has 0 fully saturated rings. The summed E-state index contributed by atoms with van der Waals surface area (Å²) in [5.41, 5.74) is 0. The van der Waals surface area contributed by atoms with Crippen molar-refractivity contribution in [2.24, 2.45) is 5.92 Å². The molecule has 0 unspecified atom stereocenters. The Morgan fingerprint density at radius 3 is 2.21 bits per heavy atom. The average Bonchev–Trinajstić information content (AvgIpc) is 2.28. The van der Waals surface area contributed by atoms with Crippen molar-refractivity contribution in [2.75, 3.05) is 0 Å². The van der Waals surface area contributed by atoms with Gasteiger partial charge in [-0.15, -0.1) is 0 Å². The Morgan fingerprint density at radius 1 is 1.11 bits per heavy atom. The molecule has 0 amide bonds. The first-order chi connectivity index (χ1) is 8.81. The van der Waals surface area contributed by atoms with Crippen LogP contribution in [-0.2, 0) is 10.0 Å². The maximum atomic E-state index is 12.1. The van der Waals surface area contributed by atoms with Gasteiger partial charge in [0, 0.05) is 10.5 Å². The van der Waals surface area contributed by atoms with E-state index in [0.717, 1.165) is 23.7 Å². The van der Waals surface area contributed by atoms with Crippen molar-refractivity contribution in [2.45, 2.75) is 51.0 Å². The zero-order valence-electron chi connectivity index (χ0n) is 11.7. The second-order valence-electron chi connectivity index (χ2n) is 5.30. The summed E-state index contributed by atoms with van der Waals surface area (Å²) in [4.78, 5) is 0.311. The quantitative estimate of drug-likeness (QED) is 0.811. The minimum absolute atomic E-state index is 0.0348. The average molecular weight is 348 g/mol. The smallest absolute Gasteiger partial charge is 0.208 e. The van der Waals surface area contributed by atoms with Gasteiger partial charge in [0.05, 0.1) is 4.90 Å². The number of sulfonamides is 1. The van der Waals surface area contributed by atoms with Crippen molar-refractivity contribution < 1.29 is 8.42 Å². The molecule has 0 aliphatic heterocycles. The van der Waals surface area contributed by atoms with Gasteiger partial charge in [-0.2, -0.15) is 0 Å². The van der Waals surface area contributed by atoms with E-state index in [1.165, 1.54) is 0 Å². The normalized spacial score (nSPS) is 13.7. The van der Waals surface area contributed by atoms with E-state index in [1.54, 1.807) is 24.3 Å². The van der Waals surface area contributed by atoms with Gasteiger partial charge in [-0.25, -0.2) is 13.1 Å². The van der Waals surface area contributed by atoms with Gasteiger partial charge in [-0.3, -0.25) is 0 Å². The van der Waals surface area contributed by atoms with Crippen LogP contribution < -0.4 is 4.72 Å². The summed E-state index contributed by atoms with van der Waals surface area (Å²) < 4.78 is 27.8. The van der Waals surface area contributed by atoms with Crippen LogP contribution in [0.2, 0.25) is 0 Å². The van der Waals surface area contributed by atoms with Gasteiger partial charge in [0.1, 0.15) is 0 Å². The molecule has 1 aromatic carbocycles. The Balaban J connectivity index is 2.57. The molecule has 1 rings (SSSR count). The third kappa shape index (κ3) is 6.06. The molecule has 5 heteroatoms.